The molecule has 0 spiro atoms. The molecular weight excluding hydrogens is 376 g/mol. The molecule has 1 aromatic carbocycles. The summed E-state index contributed by atoms with van der Waals surface area (Å²) in [5.74, 6) is 5.85. The third kappa shape index (κ3) is 4.36. The lowest BCUT2D eigenvalue weighted by molar-refractivity contribution is -0.120. The molecule has 2 aliphatic rings. The smallest absolute Gasteiger partial charge is 0.241 e. The highest BCUT2D eigenvalue weighted by Crippen LogP contribution is 2.28. The van der Waals surface area contributed by atoms with Crippen LogP contribution in [0.25, 0.3) is 5.69 Å². The molecule has 0 radical (unpaired) electrons. The zero-order valence-electron chi connectivity index (χ0n) is 15.6. The summed E-state index contributed by atoms with van der Waals surface area (Å²) >= 11 is 4.06. The fraction of sp³-hybridized carbons (Fsp3) is 0.500. The number of nitrogens with one attached hydrogen (secondary N) is 1. The van der Waals surface area contributed by atoms with Crippen molar-refractivity contribution in [1.82, 2.24) is 14.5 Å². The molecule has 1 atom stereocenters. The molecule has 2 fully saturated rings. The van der Waals surface area contributed by atoms with Gasteiger partial charge < -0.3 is 9.88 Å². The van der Waals surface area contributed by atoms with Gasteiger partial charge in [0.25, 0.3) is 0 Å². The van der Waals surface area contributed by atoms with E-state index in [4.69, 9.17) is 0 Å². The molecule has 5 nitrogen and oxygen atoms in total. The second-order valence-corrected chi connectivity index (χ2v) is 9.38. The number of hydrogen-bond donors (Lipinski definition) is 1. The van der Waals surface area contributed by atoms with Crippen LogP contribution >= 0.6 is 23.5 Å². The van der Waals surface area contributed by atoms with Crippen molar-refractivity contribution in [2.45, 2.75) is 31.8 Å². The maximum absolute atomic E-state index is 12.9. The lowest BCUT2D eigenvalue weighted by Crippen LogP contribution is -2.47. The Bertz CT molecular complexity index is 769. The normalized spacial score (nSPS) is 21.9. The predicted molar refractivity (Wildman–Crippen MR) is 115 cm³/mol. The van der Waals surface area contributed by atoms with Gasteiger partial charge in [0.2, 0.25) is 5.91 Å². The second kappa shape index (κ2) is 8.71. The number of aromatic nitrogens is 2. The number of nitrogens with zero attached hydrogens (tertiary/aromatic N) is 3. The number of aryl methyl sites for hydroxylation is 1. The number of thioether (sulfide) groups is 2. The number of anilines is 1. The Hall–Kier alpha value is -1.44. The number of imidazole rings is 1. The summed E-state index contributed by atoms with van der Waals surface area (Å²) in [6.07, 6.45) is 5.82. The quantitative estimate of drug-likeness (QED) is 0.849. The van der Waals surface area contributed by atoms with E-state index in [1.165, 1.54) is 11.5 Å². The summed E-state index contributed by atoms with van der Waals surface area (Å²) in [7, 11) is 0. The van der Waals surface area contributed by atoms with Crippen molar-refractivity contribution in [2.24, 2.45) is 0 Å². The van der Waals surface area contributed by atoms with Crippen molar-refractivity contribution in [1.29, 1.82) is 0 Å². The second-order valence-electron chi connectivity index (χ2n) is 7.08. The Morgan fingerprint density at radius 3 is 2.59 bits per heavy atom. The van der Waals surface area contributed by atoms with E-state index < -0.39 is 0 Å². The number of rotatable bonds is 4. The fourth-order valence-electron chi connectivity index (χ4n) is 3.89. The van der Waals surface area contributed by atoms with Gasteiger partial charge in [0.05, 0.1) is 6.04 Å². The maximum Gasteiger partial charge on any atom is 0.241 e. The number of carbonyl (C=O) groups excluding carboxylic acids is 1. The minimum Gasteiger partial charge on any atom is -0.325 e. The molecule has 0 bridgehead atoms. The van der Waals surface area contributed by atoms with E-state index >= 15 is 0 Å². The number of benzene rings is 1. The highest BCUT2D eigenvalue weighted by Gasteiger charge is 2.35. The summed E-state index contributed by atoms with van der Waals surface area (Å²) < 4.78 is 2.03. The van der Waals surface area contributed by atoms with Crippen molar-refractivity contribution in [3.63, 3.8) is 0 Å². The molecule has 1 amide bonds. The van der Waals surface area contributed by atoms with Crippen molar-refractivity contribution in [3.05, 3.63) is 42.5 Å². The van der Waals surface area contributed by atoms with Crippen LogP contribution in [0.2, 0.25) is 0 Å². The Morgan fingerprint density at radius 2 is 1.93 bits per heavy atom. The van der Waals surface area contributed by atoms with E-state index in [0.29, 0.717) is 6.04 Å². The molecule has 27 heavy (non-hydrogen) atoms. The van der Waals surface area contributed by atoms with Gasteiger partial charge in [-0.2, -0.15) is 23.5 Å². The van der Waals surface area contributed by atoms with Gasteiger partial charge in [-0.05, 0) is 50.6 Å². The van der Waals surface area contributed by atoms with Crippen molar-refractivity contribution in [3.8, 4) is 5.69 Å². The van der Waals surface area contributed by atoms with E-state index in [-0.39, 0.29) is 11.9 Å². The van der Waals surface area contributed by atoms with Crippen molar-refractivity contribution in [2.75, 3.05) is 34.9 Å². The van der Waals surface area contributed by atoms with E-state index in [2.05, 4.69) is 15.2 Å². The molecule has 2 aromatic rings. The minimum absolute atomic E-state index is 0.00451. The third-order valence-corrected chi connectivity index (χ3v) is 7.78. The molecule has 0 unspecified atom stereocenters. The maximum atomic E-state index is 12.9. The summed E-state index contributed by atoms with van der Waals surface area (Å²) in [6.45, 7) is 3.02. The molecule has 1 aromatic heterocycles. The number of carbonyl (C=O) groups is 1. The molecule has 7 heteroatoms. The molecule has 3 heterocycles. The average molecular weight is 403 g/mol. The first kappa shape index (κ1) is 18.9. The molecule has 0 saturated carbocycles. The van der Waals surface area contributed by atoms with Gasteiger partial charge >= 0.3 is 0 Å². The van der Waals surface area contributed by atoms with Crippen LogP contribution in [-0.4, -0.2) is 62.0 Å². The standard InChI is InChI=1S/C20H26N4OS2/c1-15-21-8-10-23(15)17-6-4-16(5-7-17)22-20(25)19-3-2-9-24(19)18-13-26-11-12-27-14-18/h4-8,10,18-19H,2-3,9,11-14H2,1H3,(H,22,25)/t19-/m0/s1. The van der Waals surface area contributed by atoms with Gasteiger partial charge in [-0.1, -0.05) is 0 Å². The molecule has 4 rings (SSSR count). The van der Waals surface area contributed by atoms with Gasteiger partial charge in [-0.25, -0.2) is 4.98 Å². The largest absolute Gasteiger partial charge is 0.325 e. The fourth-order valence-corrected chi connectivity index (χ4v) is 6.47. The average Bonchev–Trinajstić information content (AvgIpc) is 3.25. The van der Waals surface area contributed by atoms with E-state index in [1.807, 2.05) is 65.5 Å². The lowest BCUT2D eigenvalue weighted by Gasteiger charge is -2.31. The lowest BCUT2D eigenvalue weighted by atomic mass is 10.1. The van der Waals surface area contributed by atoms with Crippen LogP contribution < -0.4 is 5.32 Å². The highest BCUT2D eigenvalue weighted by molar-refractivity contribution is 8.03. The number of amides is 1. The van der Waals surface area contributed by atoms with Crippen molar-refractivity contribution < 1.29 is 4.79 Å². The Labute approximate surface area is 169 Å². The van der Waals surface area contributed by atoms with Gasteiger partial charge in [0.15, 0.2) is 0 Å². The van der Waals surface area contributed by atoms with Crippen LogP contribution in [0.1, 0.15) is 18.7 Å². The van der Waals surface area contributed by atoms with Crippen LogP contribution in [0.4, 0.5) is 5.69 Å². The van der Waals surface area contributed by atoms with Gasteiger partial charge in [-0.3, -0.25) is 9.69 Å². The van der Waals surface area contributed by atoms with Gasteiger partial charge in [0, 0.05) is 52.8 Å². The molecule has 2 saturated heterocycles. The predicted octanol–water partition coefficient (Wildman–Crippen LogP) is 3.43. The Balaban J connectivity index is 1.41. The van der Waals surface area contributed by atoms with Crippen molar-refractivity contribution >= 4 is 35.1 Å². The van der Waals surface area contributed by atoms with Crippen LogP contribution in [0.15, 0.2) is 36.7 Å². The summed E-state index contributed by atoms with van der Waals surface area (Å²) in [4.78, 5) is 19.6. The molecule has 2 aliphatic heterocycles. The summed E-state index contributed by atoms with van der Waals surface area (Å²) in [5, 5.41) is 3.14. The van der Waals surface area contributed by atoms with Gasteiger partial charge in [-0.15, -0.1) is 0 Å². The molecule has 1 N–H and O–H groups in total. The molecule has 0 aliphatic carbocycles. The zero-order valence-corrected chi connectivity index (χ0v) is 17.3. The van der Waals surface area contributed by atoms with Crippen LogP contribution in [-0.2, 0) is 4.79 Å². The van der Waals surface area contributed by atoms with Crippen LogP contribution in [0.5, 0.6) is 0 Å². The van der Waals surface area contributed by atoms with E-state index in [1.54, 1.807) is 6.20 Å². The Morgan fingerprint density at radius 1 is 1.19 bits per heavy atom. The first-order valence-corrected chi connectivity index (χ1v) is 11.9. The minimum atomic E-state index is 0.00451. The van der Waals surface area contributed by atoms with E-state index in [9.17, 15) is 4.79 Å². The van der Waals surface area contributed by atoms with E-state index in [0.717, 1.165) is 48.1 Å². The molecular formula is C20H26N4OS2. The Kier molecular flexibility index (Phi) is 6.10. The summed E-state index contributed by atoms with van der Waals surface area (Å²) in [5.41, 5.74) is 1.91. The van der Waals surface area contributed by atoms with Crippen LogP contribution in [0, 0.1) is 6.92 Å². The zero-order chi connectivity index (χ0) is 18.6. The number of likely N-dealkylation sites (tertiary alicyclic amines) is 1. The van der Waals surface area contributed by atoms with Gasteiger partial charge in [0.1, 0.15) is 5.82 Å². The highest BCUT2D eigenvalue weighted by atomic mass is 32.2. The topological polar surface area (TPSA) is 50.2 Å². The van der Waals surface area contributed by atoms with Crippen LogP contribution in [0.3, 0.4) is 0 Å². The first-order valence-electron chi connectivity index (χ1n) is 9.55. The monoisotopic (exact) mass is 402 g/mol. The number of hydrogen-bond acceptors (Lipinski definition) is 5. The summed E-state index contributed by atoms with van der Waals surface area (Å²) in [6, 6.07) is 8.52. The third-order valence-electron chi connectivity index (χ3n) is 5.30. The SMILES string of the molecule is Cc1nccn1-c1ccc(NC(=O)[C@@H]2CCCN2C2CSCCSC2)cc1. The molecule has 144 valence electrons. The first-order chi connectivity index (χ1) is 13.2.